The second-order valence-electron chi connectivity index (χ2n) is 7.72. The van der Waals surface area contributed by atoms with Crippen LogP contribution in [-0.2, 0) is 4.79 Å². The molecule has 21 heavy (non-hydrogen) atoms. The molecule has 0 aromatic rings. The molecule has 0 aliphatic heterocycles. The zero-order chi connectivity index (χ0) is 15.7. The number of aliphatic carboxylic acids is 1. The molecule has 2 aliphatic carbocycles. The van der Waals surface area contributed by atoms with Crippen LogP contribution in [0.5, 0.6) is 0 Å². The summed E-state index contributed by atoms with van der Waals surface area (Å²) in [7, 11) is 0. The van der Waals surface area contributed by atoms with Gasteiger partial charge in [0.2, 0.25) is 0 Å². The number of urea groups is 1. The van der Waals surface area contributed by atoms with E-state index in [0.29, 0.717) is 11.8 Å². The maximum Gasteiger partial charge on any atom is 0.315 e. The quantitative estimate of drug-likeness (QED) is 0.749. The molecule has 0 aromatic carbocycles. The summed E-state index contributed by atoms with van der Waals surface area (Å²) >= 11 is 0. The maximum absolute atomic E-state index is 12.1. The fraction of sp³-hybridized carbons (Fsp3) is 0.875. The molecule has 2 rings (SSSR count). The second-order valence-corrected chi connectivity index (χ2v) is 7.72. The Kier molecular flexibility index (Phi) is 4.49. The molecule has 2 saturated carbocycles. The second kappa shape index (κ2) is 5.85. The minimum atomic E-state index is -0.827. The van der Waals surface area contributed by atoms with E-state index >= 15 is 0 Å². The number of hydrogen-bond donors (Lipinski definition) is 3. The number of carbonyl (C=O) groups is 2. The van der Waals surface area contributed by atoms with Gasteiger partial charge in [0.1, 0.15) is 0 Å². The van der Waals surface area contributed by atoms with Gasteiger partial charge in [-0.2, -0.15) is 0 Å². The predicted octanol–water partition coefficient (Wildman–Crippen LogP) is 2.90. The first kappa shape index (κ1) is 16.1. The van der Waals surface area contributed by atoms with Crippen molar-refractivity contribution >= 4 is 12.0 Å². The monoisotopic (exact) mass is 296 g/mol. The van der Waals surface area contributed by atoms with Crippen molar-refractivity contribution < 1.29 is 14.7 Å². The molecule has 0 aromatic heterocycles. The van der Waals surface area contributed by atoms with Crippen molar-refractivity contribution in [2.45, 2.75) is 77.8 Å². The Morgan fingerprint density at radius 1 is 1.00 bits per heavy atom. The highest BCUT2D eigenvalue weighted by Gasteiger charge is 2.46. The first-order valence-electron chi connectivity index (χ1n) is 8.03. The Bertz CT molecular complexity index is 412. The van der Waals surface area contributed by atoms with Crippen molar-refractivity contribution in [2.24, 2.45) is 10.8 Å². The van der Waals surface area contributed by atoms with Gasteiger partial charge in [0.25, 0.3) is 0 Å². The first-order chi connectivity index (χ1) is 9.73. The number of carboxylic acid groups (broad SMARTS) is 1. The van der Waals surface area contributed by atoms with Gasteiger partial charge in [-0.15, -0.1) is 0 Å². The smallest absolute Gasteiger partial charge is 0.315 e. The lowest BCUT2D eigenvalue weighted by molar-refractivity contribution is -0.148. The average Bonchev–Trinajstić information content (AvgIpc) is 2.75. The minimum absolute atomic E-state index is 0.209. The zero-order valence-corrected chi connectivity index (χ0v) is 13.4. The summed E-state index contributed by atoms with van der Waals surface area (Å²) in [5.41, 5.74) is -0.451. The van der Waals surface area contributed by atoms with Gasteiger partial charge in [0, 0.05) is 12.1 Å². The molecule has 5 heteroatoms. The van der Waals surface area contributed by atoms with Crippen molar-refractivity contribution in [1.29, 1.82) is 0 Å². The van der Waals surface area contributed by atoms with Gasteiger partial charge in [-0.1, -0.05) is 20.3 Å². The number of carbonyl (C=O) groups excluding carboxylic acids is 1. The van der Waals surface area contributed by atoms with E-state index in [0.717, 1.165) is 38.5 Å². The molecule has 0 spiro atoms. The molecule has 0 saturated heterocycles. The third-order valence-corrected chi connectivity index (χ3v) is 5.43. The third kappa shape index (κ3) is 3.69. The van der Waals surface area contributed by atoms with Gasteiger partial charge < -0.3 is 15.7 Å². The third-order valence-electron chi connectivity index (χ3n) is 5.43. The molecule has 2 fully saturated rings. The van der Waals surface area contributed by atoms with E-state index in [9.17, 15) is 14.7 Å². The highest BCUT2D eigenvalue weighted by atomic mass is 16.4. The van der Waals surface area contributed by atoms with Crippen molar-refractivity contribution in [3.05, 3.63) is 0 Å². The fourth-order valence-corrected chi connectivity index (χ4v) is 3.58. The van der Waals surface area contributed by atoms with E-state index in [1.807, 2.05) is 0 Å². The number of hydrogen-bond acceptors (Lipinski definition) is 2. The number of amides is 2. The van der Waals surface area contributed by atoms with Crippen LogP contribution in [0.15, 0.2) is 0 Å². The number of nitrogens with one attached hydrogen (secondary N) is 2. The molecule has 2 amide bonds. The molecule has 120 valence electrons. The van der Waals surface area contributed by atoms with E-state index in [1.165, 1.54) is 0 Å². The van der Waals surface area contributed by atoms with E-state index in [2.05, 4.69) is 24.5 Å². The molecular formula is C16H28N2O3. The van der Waals surface area contributed by atoms with Crippen LogP contribution in [-0.4, -0.2) is 29.2 Å². The summed E-state index contributed by atoms with van der Waals surface area (Å²) in [5, 5.41) is 15.3. The summed E-state index contributed by atoms with van der Waals surface area (Å²) in [6, 6.07) is -0.260. The predicted molar refractivity (Wildman–Crippen MR) is 81.1 cm³/mol. The molecule has 0 bridgehead atoms. The SMILES string of the molecule is CC1(C)CCC(NC(=O)NC2CCCC2(C)C(=O)O)CC1. The lowest BCUT2D eigenvalue weighted by Gasteiger charge is -2.35. The van der Waals surface area contributed by atoms with E-state index < -0.39 is 11.4 Å². The van der Waals surface area contributed by atoms with Gasteiger partial charge in [0.05, 0.1) is 5.41 Å². The van der Waals surface area contributed by atoms with Crippen molar-refractivity contribution in [3.8, 4) is 0 Å². The van der Waals surface area contributed by atoms with Gasteiger partial charge in [-0.05, 0) is 50.9 Å². The van der Waals surface area contributed by atoms with Crippen LogP contribution >= 0.6 is 0 Å². The summed E-state index contributed by atoms with van der Waals surface area (Å²) in [6.45, 7) is 6.26. The maximum atomic E-state index is 12.1. The van der Waals surface area contributed by atoms with Crippen molar-refractivity contribution in [3.63, 3.8) is 0 Å². The van der Waals surface area contributed by atoms with Gasteiger partial charge in [-0.3, -0.25) is 4.79 Å². The summed E-state index contributed by atoms with van der Waals surface area (Å²) in [6.07, 6.45) is 6.47. The van der Waals surface area contributed by atoms with Crippen LogP contribution in [0.1, 0.15) is 65.7 Å². The number of rotatable bonds is 3. The summed E-state index contributed by atoms with van der Waals surface area (Å²) < 4.78 is 0. The zero-order valence-electron chi connectivity index (χ0n) is 13.4. The Morgan fingerprint density at radius 3 is 2.19 bits per heavy atom. The molecular weight excluding hydrogens is 268 g/mol. The standard InChI is InChI=1S/C16H28N2O3/c1-15(2)9-6-11(7-10-15)17-14(21)18-12-5-4-8-16(12,3)13(19)20/h11-12H,4-10H2,1-3H3,(H,19,20)(H2,17,18,21). The van der Waals surface area contributed by atoms with E-state index in [-0.39, 0.29) is 18.1 Å². The van der Waals surface area contributed by atoms with Crippen LogP contribution < -0.4 is 10.6 Å². The largest absolute Gasteiger partial charge is 0.481 e. The highest BCUT2D eigenvalue weighted by Crippen LogP contribution is 2.38. The minimum Gasteiger partial charge on any atom is -0.481 e. The summed E-state index contributed by atoms with van der Waals surface area (Å²) in [5.74, 6) is -0.815. The lowest BCUT2D eigenvalue weighted by Crippen LogP contribution is -2.52. The van der Waals surface area contributed by atoms with Gasteiger partial charge >= 0.3 is 12.0 Å². The molecule has 5 nitrogen and oxygen atoms in total. The summed E-state index contributed by atoms with van der Waals surface area (Å²) in [4.78, 5) is 23.5. The molecule has 2 unspecified atom stereocenters. The van der Waals surface area contributed by atoms with Crippen molar-refractivity contribution in [2.75, 3.05) is 0 Å². The van der Waals surface area contributed by atoms with Crippen LogP contribution in [0.2, 0.25) is 0 Å². The van der Waals surface area contributed by atoms with Crippen molar-refractivity contribution in [1.82, 2.24) is 10.6 Å². The first-order valence-corrected chi connectivity index (χ1v) is 8.03. The van der Waals surface area contributed by atoms with Gasteiger partial charge in [0.15, 0.2) is 0 Å². The lowest BCUT2D eigenvalue weighted by atomic mass is 9.75. The Hall–Kier alpha value is -1.26. The molecule has 2 atom stereocenters. The average molecular weight is 296 g/mol. The fourth-order valence-electron chi connectivity index (χ4n) is 3.58. The molecule has 0 radical (unpaired) electrons. The van der Waals surface area contributed by atoms with E-state index in [4.69, 9.17) is 0 Å². The Balaban J connectivity index is 1.84. The highest BCUT2D eigenvalue weighted by molar-refractivity contribution is 5.79. The van der Waals surface area contributed by atoms with E-state index in [1.54, 1.807) is 6.92 Å². The molecule has 2 aliphatic rings. The molecule has 0 heterocycles. The normalized spacial score (nSPS) is 32.6. The Labute approximate surface area is 126 Å². The number of carboxylic acids is 1. The van der Waals surface area contributed by atoms with Crippen LogP contribution in [0.4, 0.5) is 4.79 Å². The Morgan fingerprint density at radius 2 is 1.62 bits per heavy atom. The van der Waals surface area contributed by atoms with Crippen LogP contribution in [0.3, 0.4) is 0 Å². The van der Waals surface area contributed by atoms with Crippen LogP contribution in [0.25, 0.3) is 0 Å². The molecule has 3 N–H and O–H groups in total. The van der Waals surface area contributed by atoms with Gasteiger partial charge in [-0.25, -0.2) is 4.79 Å². The van der Waals surface area contributed by atoms with Crippen LogP contribution in [0, 0.1) is 10.8 Å². The topological polar surface area (TPSA) is 78.4 Å².